The Morgan fingerprint density at radius 3 is 2.70 bits per heavy atom. The summed E-state index contributed by atoms with van der Waals surface area (Å²) in [5.41, 5.74) is 0.291. The van der Waals surface area contributed by atoms with Crippen LogP contribution in [0.15, 0.2) is 58.5 Å². The van der Waals surface area contributed by atoms with Crippen LogP contribution < -0.4 is 4.74 Å². The van der Waals surface area contributed by atoms with Gasteiger partial charge in [0.25, 0.3) is 0 Å². The van der Waals surface area contributed by atoms with E-state index in [1.807, 2.05) is 0 Å². The van der Waals surface area contributed by atoms with E-state index in [0.717, 1.165) is 6.20 Å². The summed E-state index contributed by atoms with van der Waals surface area (Å²) in [7, 11) is -2.42. The first-order valence-electron chi connectivity index (χ1n) is 6.56. The van der Waals surface area contributed by atoms with Crippen LogP contribution in [0.3, 0.4) is 0 Å². The van der Waals surface area contributed by atoms with Crippen LogP contribution in [0.1, 0.15) is 0 Å². The molecule has 0 amide bonds. The maximum absolute atomic E-state index is 13.2. The molecule has 1 aromatic heterocycles. The summed E-state index contributed by atoms with van der Waals surface area (Å²) >= 11 is 6.23. The molecule has 0 atom stereocenters. The van der Waals surface area contributed by atoms with Gasteiger partial charge in [0.2, 0.25) is 9.84 Å². The van der Waals surface area contributed by atoms with Crippen molar-refractivity contribution in [3.63, 3.8) is 0 Å². The van der Waals surface area contributed by atoms with Gasteiger partial charge in [0.05, 0.1) is 22.5 Å². The Bertz CT molecular complexity index is 1010. The fourth-order valence-corrected chi connectivity index (χ4v) is 4.03. The molecular formula is C16H11ClFNO3S. The van der Waals surface area contributed by atoms with Crippen LogP contribution in [-0.4, -0.2) is 20.5 Å². The number of hydrogen-bond donors (Lipinski definition) is 0. The van der Waals surface area contributed by atoms with Gasteiger partial charge in [-0.15, -0.1) is 0 Å². The van der Waals surface area contributed by atoms with Gasteiger partial charge in [-0.25, -0.2) is 12.8 Å². The highest BCUT2D eigenvalue weighted by Gasteiger charge is 2.23. The van der Waals surface area contributed by atoms with Crippen LogP contribution >= 0.6 is 11.6 Å². The predicted molar refractivity (Wildman–Crippen MR) is 85.2 cm³/mol. The SMILES string of the molecule is COc1cccc(S(=O)(=O)c2cnc3cc(F)ccc3c2Cl)c1. The maximum atomic E-state index is 13.2. The number of nitrogens with zero attached hydrogens (tertiary/aromatic N) is 1. The van der Waals surface area contributed by atoms with Crippen molar-refractivity contribution in [2.45, 2.75) is 9.79 Å². The molecule has 2 aromatic carbocycles. The van der Waals surface area contributed by atoms with E-state index in [0.29, 0.717) is 16.7 Å². The van der Waals surface area contributed by atoms with Crippen molar-refractivity contribution >= 4 is 32.3 Å². The zero-order chi connectivity index (χ0) is 16.6. The van der Waals surface area contributed by atoms with E-state index < -0.39 is 15.7 Å². The third-order valence-corrected chi connectivity index (χ3v) is 5.66. The van der Waals surface area contributed by atoms with Gasteiger partial charge in [-0.3, -0.25) is 4.98 Å². The summed E-state index contributed by atoms with van der Waals surface area (Å²) in [6.07, 6.45) is 1.14. The number of fused-ring (bicyclic) bond motifs is 1. The first-order valence-corrected chi connectivity index (χ1v) is 8.42. The molecule has 0 spiro atoms. The molecule has 0 saturated heterocycles. The van der Waals surface area contributed by atoms with Gasteiger partial charge in [-0.2, -0.15) is 0 Å². The third kappa shape index (κ3) is 2.75. The number of methoxy groups -OCH3 is 1. The maximum Gasteiger partial charge on any atom is 0.209 e. The van der Waals surface area contributed by atoms with Crippen LogP contribution in [0, 0.1) is 5.82 Å². The molecule has 0 N–H and O–H groups in total. The first kappa shape index (κ1) is 15.7. The second-order valence-corrected chi connectivity index (χ2v) is 7.08. The monoisotopic (exact) mass is 351 g/mol. The summed E-state index contributed by atoms with van der Waals surface area (Å²) in [6.45, 7) is 0. The minimum absolute atomic E-state index is 0.0119. The molecule has 0 radical (unpaired) electrons. The summed E-state index contributed by atoms with van der Waals surface area (Å²) in [5, 5.41) is 0.384. The summed E-state index contributed by atoms with van der Waals surface area (Å²) in [6, 6.07) is 9.88. The van der Waals surface area contributed by atoms with Crippen molar-refractivity contribution in [3.05, 3.63) is 59.5 Å². The lowest BCUT2D eigenvalue weighted by molar-refractivity contribution is 0.413. The van der Waals surface area contributed by atoms with Gasteiger partial charge in [0.15, 0.2) is 0 Å². The molecular weight excluding hydrogens is 341 g/mol. The topological polar surface area (TPSA) is 56.3 Å². The fourth-order valence-electron chi connectivity index (χ4n) is 2.20. The number of pyridine rings is 1. The Labute approximate surface area is 137 Å². The Morgan fingerprint density at radius 2 is 1.96 bits per heavy atom. The molecule has 0 aliphatic carbocycles. The average molecular weight is 352 g/mol. The van der Waals surface area contributed by atoms with Crippen molar-refractivity contribution in [1.82, 2.24) is 4.98 Å². The standard InChI is InChI=1S/C16H11ClFNO3S/c1-22-11-3-2-4-12(8-11)23(20,21)15-9-19-14-7-10(18)5-6-13(14)16(15)17/h2-9H,1H3. The molecule has 1 heterocycles. The van der Waals surface area contributed by atoms with Crippen LogP contribution in [0.25, 0.3) is 10.9 Å². The number of rotatable bonds is 3. The number of hydrogen-bond acceptors (Lipinski definition) is 4. The molecule has 3 rings (SSSR count). The molecule has 0 saturated carbocycles. The van der Waals surface area contributed by atoms with E-state index in [4.69, 9.17) is 16.3 Å². The average Bonchev–Trinajstić information content (AvgIpc) is 2.54. The number of ether oxygens (including phenoxy) is 1. The van der Waals surface area contributed by atoms with Crippen LogP contribution in [-0.2, 0) is 9.84 Å². The Kier molecular flexibility index (Phi) is 3.95. The van der Waals surface area contributed by atoms with Gasteiger partial charge < -0.3 is 4.74 Å². The highest BCUT2D eigenvalue weighted by Crippen LogP contribution is 2.33. The summed E-state index contributed by atoms with van der Waals surface area (Å²) in [5.74, 6) is -0.0533. The molecule has 118 valence electrons. The van der Waals surface area contributed by atoms with Gasteiger partial charge in [0, 0.05) is 17.6 Å². The van der Waals surface area contributed by atoms with E-state index in [1.165, 1.54) is 37.4 Å². The van der Waals surface area contributed by atoms with Crippen LogP contribution in [0.4, 0.5) is 4.39 Å². The van der Waals surface area contributed by atoms with E-state index in [-0.39, 0.29) is 14.8 Å². The van der Waals surface area contributed by atoms with Crippen LogP contribution in [0.5, 0.6) is 5.75 Å². The Hall–Kier alpha value is -2.18. The smallest absolute Gasteiger partial charge is 0.209 e. The second kappa shape index (κ2) is 5.79. The minimum Gasteiger partial charge on any atom is -0.497 e. The molecule has 0 fully saturated rings. The number of halogens is 2. The fraction of sp³-hybridized carbons (Fsp3) is 0.0625. The molecule has 0 bridgehead atoms. The molecule has 0 unspecified atom stereocenters. The lowest BCUT2D eigenvalue weighted by atomic mass is 10.2. The van der Waals surface area contributed by atoms with Gasteiger partial charge in [-0.1, -0.05) is 17.7 Å². The lowest BCUT2D eigenvalue weighted by Crippen LogP contribution is -2.04. The molecule has 3 aromatic rings. The van der Waals surface area contributed by atoms with Crippen molar-refractivity contribution in [2.75, 3.05) is 7.11 Å². The molecule has 23 heavy (non-hydrogen) atoms. The Balaban J connectivity index is 2.22. The zero-order valence-corrected chi connectivity index (χ0v) is 13.5. The highest BCUT2D eigenvalue weighted by atomic mass is 35.5. The van der Waals surface area contributed by atoms with E-state index in [1.54, 1.807) is 12.1 Å². The predicted octanol–water partition coefficient (Wildman–Crippen LogP) is 3.87. The van der Waals surface area contributed by atoms with Gasteiger partial charge in [0.1, 0.15) is 16.5 Å². The van der Waals surface area contributed by atoms with Crippen molar-refractivity contribution in [1.29, 1.82) is 0 Å². The van der Waals surface area contributed by atoms with Gasteiger partial charge >= 0.3 is 0 Å². The number of sulfone groups is 1. The molecule has 0 aliphatic rings. The number of benzene rings is 2. The Morgan fingerprint density at radius 1 is 1.17 bits per heavy atom. The third-order valence-electron chi connectivity index (χ3n) is 3.37. The van der Waals surface area contributed by atoms with Crippen molar-refractivity contribution < 1.29 is 17.5 Å². The molecule has 4 nitrogen and oxygen atoms in total. The van der Waals surface area contributed by atoms with Crippen molar-refractivity contribution in [2.24, 2.45) is 0 Å². The van der Waals surface area contributed by atoms with Gasteiger partial charge in [-0.05, 0) is 30.3 Å². The van der Waals surface area contributed by atoms with Crippen molar-refractivity contribution in [3.8, 4) is 5.75 Å². The second-order valence-electron chi connectivity index (χ2n) is 4.78. The first-order chi connectivity index (χ1) is 10.9. The molecule has 0 aliphatic heterocycles. The zero-order valence-electron chi connectivity index (χ0n) is 12.0. The largest absolute Gasteiger partial charge is 0.497 e. The van der Waals surface area contributed by atoms with E-state index >= 15 is 0 Å². The molecule has 7 heteroatoms. The highest BCUT2D eigenvalue weighted by molar-refractivity contribution is 7.91. The number of aromatic nitrogens is 1. The normalized spacial score (nSPS) is 11.6. The summed E-state index contributed by atoms with van der Waals surface area (Å²) < 4.78 is 43.8. The summed E-state index contributed by atoms with van der Waals surface area (Å²) in [4.78, 5) is 3.91. The minimum atomic E-state index is -3.87. The van der Waals surface area contributed by atoms with E-state index in [2.05, 4.69) is 4.98 Å². The lowest BCUT2D eigenvalue weighted by Gasteiger charge is -2.09. The quantitative estimate of drug-likeness (QED) is 0.718. The van der Waals surface area contributed by atoms with E-state index in [9.17, 15) is 12.8 Å². The van der Waals surface area contributed by atoms with Crippen LogP contribution in [0.2, 0.25) is 5.02 Å².